The molecule has 1 N–H and O–H groups in total. The van der Waals surface area contributed by atoms with Crippen LogP contribution in [-0.2, 0) is 9.53 Å². The van der Waals surface area contributed by atoms with Crippen LogP contribution >= 0.6 is 0 Å². The lowest BCUT2D eigenvalue weighted by Crippen LogP contribution is -2.43. The fourth-order valence-electron chi connectivity index (χ4n) is 2.04. The SMILES string of the molecule is CCCC[C@@](C)(OCCC)C(=O)Nc1ccc(OCC)nc1. The van der Waals surface area contributed by atoms with Gasteiger partial charge in [0.05, 0.1) is 18.5 Å². The fraction of sp³-hybridized carbons (Fsp3) is 0.647. The molecule has 0 aromatic carbocycles. The minimum absolute atomic E-state index is 0.125. The number of nitrogens with one attached hydrogen (secondary N) is 1. The molecular weight excluding hydrogens is 280 g/mol. The van der Waals surface area contributed by atoms with Gasteiger partial charge in [0.1, 0.15) is 5.60 Å². The number of aromatic nitrogens is 1. The molecule has 0 aliphatic heterocycles. The topological polar surface area (TPSA) is 60.5 Å². The van der Waals surface area contributed by atoms with Crippen molar-refractivity contribution in [2.24, 2.45) is 0 Å². The first-order valence-electron chi connectivity index (χ1n) is 8.10. The van der Waals surface area contributed by atoms with Gasteiger partial charge in [0.25, 0.3) is 5.91 Å². The molecule has 0 aliphatic carbocycles. The largest absolute Gasteiger partial charge is 0.478 e. The van der Waals surface area contributed by atoms with E-state index in [-0.39, 0.29) is 5.91 Å². The maximum atomic E-state index is 12.6. The summed E-state index contributed by atoms with van der Waals surface area (Å²) in [5.74, 6) is 0.428. The number of amides is 1. The van der Waals surface area contributed by atoms with E-state index in [2.05, 4.69) is 17.2 Å². The Morgan fingerprint density at radius 1 is 1.27 bits per heavy atom. The van der Waals surface area contributed by atoms with E-state index in [0.29, 0.717) is 31.2 Å². The van der Waals surface area contributed by atoms with E-state index in [0.717, 1.165) is 19.3 Å². The summed E-state index contributed by atoms with van der Waals surface area (Å²) in [4.78, 5) is 16.7. The summed E-state index contributed by atoms with van der Waals surface area (Å²) in [6.07, 6.45) is 5.18. The first-order chi connectivity index (χ1) is 10.6. The van der Waals surface area contributed by atoms with E-state index in [1.54, 1.807) is 18.3 Å². The average Bonchev–Trinajstić information content (AvgIpc) is 2.53. The third kappa shape index (κ3) is 5.64. The van der Waals surface area contributed by atoms with Gasteiger partial charge in [-0.3, -0.25) is 4.79 Å². The van der Waals surface area contributed by atoms with Gasteiger partial charge in [0.2, 0.25) is 5.88 Å². The Labute approximate surface area is 133 Å². The van der Waals surface area contributed by atoms with Crippen molar-refractivity contribution in [2.45, 2.75) is 59.0 Å². The Morgan fingerprint density at radius 2 is 2.05 bits per heavy atom. The van der Waals surface area contributed by atoms with Crippen LogP contribution in [0.15, 0.2) is 18.3 Å². The van der Waals surface area contributed by atoms with Gasteiger partial charge in [-0.05, 0) is 32.8 Å². The Hall–Kier alpha value is -1.62. The number of anilines is 1. The highest BCUT2D eigenvalue weighted by molar-refractivity contribution is 5.96. The minimum Gasteiger partial charge on any atom is -0.478 e. The van der Waals surface area contributed by atoms with Gasteiger partial charge in [-0.15, -0.1) is 0 Å². The molecule has 0 bridgehead atoms. The average molecular weight is 308 g/mol. The third-order valence-electron chi connectivity index (χ3n) is 3.40. The van der Waals surface area contributed by atoms with Gasteiger partial charge in [0.15, 0.2) is 0 Å². The normalized spacial score (nSPS) is 13.5. The van der Waals surface area contributed by atoms with Crippen molar-refractivity contribution in [2.75, 3.05) is 18.5 Å². The van der Waals surface area contributed by atoms with Crippen LogP contribution in [0.4, 0.5) is 5.69 Å². The predicted molar refractivity (Wildman–Crippen MR) is 88.2 cm³/mol. The molecular formula is C17H28N2O3. The molecule has 0 saturated heterocycles. The number of carbonyl (C=O) groups is 1. The lowest BCUT2D eigenvalue weighted by atomic mass is 9.97. The van der Waals surface area contributed by atoms with Gasteiger partial charge in [0, 0.05) is 12.7 Å². The zero-order valence-corrected chi connectivity index (χ0v) is 14.1. The van der Waals surface area contributed by atoms with Gasteiger partial charge < -0.3 is 14.8 Å². The van der Waals surface area contributed by atoms with Crippen LogP contribution in [0.3, 0.4) is 0 Å². The molecule has 1 rings (SSSR count). The second-order valence-corrected chi connectivity index (χ2v) is 5.46. The predicted octanol–water partition coefficient (Wildman–Crippen LogP) is 3.79. The van der Waals surface area contributed by atoms with E-state index in [4.69, 9.17) is 9.47 Å². The van der Waals surface area contributed by atoms with Crippen LogP contribution in [0.25, 0.3) is 0 Å². The molecule has 124 valence electrons. The summed E-state index contributed by atoms with van der Waals surface area (Å²) in [5, 5.41) is 2.89. The van der Waals surface area contributed by atoms with Gasteiger partial charge in [-0.25, -0.2) is 4.98 Å². The molecule has 0 unspecified atom stereocenters. The number of ether oxygens (including phenoxy) is 2. The summed E-state index contributed by atoms with van der Waals surface area (Å²) in [5.41, 5.74) is -0.152. The highest BCUT2D eigenvalue weighted by Gasteiger charge is 2.33. The van der Waals surface area contributed by atoms with Crippen LogP contribution in [0.5, 0.6) is 5.88 Å². The van der Waals surface area contributed by atoms with E-state index >= 15 is 0 Å². The Kier molecular flexibility index (Phi) is 7.88. The van der Waals surface area contributed by atoms with Crippen LogP contribution in [-0.4, -0.2) is 29.7 Å². The maximum Gasteiger partial charge on any atom is 0.256 e. The van der Waals surface area contributed by atoms with E-state index in [9.17, 15) is 4.79 Å². The van der Waals surface area contributed by atoms with Crippen LogP contribution in [0, 0.1) is 0 Å². The summed E-state index contributed by atoms with van der Waals surface area (Å²) >= 11 is 0. The Morgan fingerprint density at radius 3 is 2.59 bits per heavy atom. The van der Waals surface area contributed by atoms with Gasteiger partial charge in [-0.2, -0.15) is 0 Å². The molecule has 1 aromatic heterocycles. The number of hydrogen-bond acceptors (Lipinski definition) is 4. The smallest absolute Gasteiger partial charge is 0.256 e. The van der Waals surface area contributed by atoms with Gasteiger partial charge >= 0.3 is 0 Å². The molecule has 0 fully saturated rings. The minimum atomic E-state index is -0.801. The first-order valence-corrected chi connectivity index (χ1v) is 8.10. The van der Waals surface area contributed by atoms with Crippen molar-refractivity contribution in [1.82, 2.24) is 4.98 Å². The number of unbranched alkanes of at least 4 members (excludes halogenated alkanes) is 1. The molecule has 1 heterocycles. The summed E-state index contributed by atoms with van der Waals surface area (Å²) in [6, 6.07) is 3.53. The fourth-order valence-corrected chi connectivity index (χ4v) is 2.04. The Balaban J connectivity index is 2.72. The molecule has 0 radical (unpaired) electrons. The molecule has 1 amide bonds. The summed E-state index contributed by atoms with van der Waals surface area (Å²) in [7, 11) is 0. The Bertz CT molecular complexity index is 438. The number of hydrogen-bond donors (Lipinski definition) is 1. The molecule has 22 heavy (non-hydrogen) atoms. The van der Waals surface area contributed by atoms with Crippen molar-refractivity contribution < 1.29 is 14.3 Å². The van der Waals surface area contributed by atoms with Crippen molar-refractivity contribution in [3.8, 4) is 5.88 Å². The molecule has 0 spiro atoms. The van der Waals surface area contributed by atoms with Crippen molar-refractivity contribution >= 4 is 11.6 Å². The lowest BCUT2D eigenvalue weighted by Gasteiger charge is -2.28. The van der Waals surface area contributed by atoms with Crippen LogP contribution in [0.2, 0.25) is 0 Å². The lowest BCUT2D eigenvalue weighted by molar-refractivity contribution is -0.140. The standard InChI is InChI=1S/C17H28N2O3/c1-5-8-11-17(4,22-12-6-2)16(20)19-14-9-10-15(18-13-14)21-7-3/h9-10,13H,5-8,11-12H2,1-4H3,(H,19,20)/t17-/m1/s1. The highest BCUT2D eigenvalue weighted by atomic mass is 16.5. The molecule has 1 atom stereocenters. The van der Waals surface area contributed by atoms with E-state index < -0.39 is 5.60 Å². The van der Waals surface area contributed by atoms with Crippen molar-refractivity contribution in [3.05, 3.63) is 18.3 Å². The second-order valence-electron chi connectivity index (χ2n) is 5.46. The number of carbonyl (C=O) groups excluding carboxylic acids is 1. The zero-order valence-electron chi connectivity index (χ0n) is 14.1. The van der Waals surface area contributed by atoms with Crippen molar-refractivity contribution in [3.63, 3.8) is 0 Å². The third-order valence-corrected chi connectivity index (χ3v) is 3.40. The second kappa shape index (κ2) is 9.41. The molecule has 5 nitrogen and oxygen atoms in total. The van der Waals surface area contributed by atoms with E-state index in [1.165, 1.54) is 0 Å². The number of pyridine rings is 1. The first kappa shape index (κ1) is 18.4. The van der Waals surface area contributed by atoms with Crippen LogP contribution in [0.1, 0.15) is 53.4 Å². The monoisotopic (exact) mass is 308 g/mol. The summed E-state index contributed by atoms with van der Waals surface area (Å²) in [6.45, 7) is 9.05. The quantitative estimate of drug-likeness (QED) is 0.714. The molecule has 0 aliphatic rings. The number of rotatable bonds is 10. The van der Waals surface area contributed by atoms with Crippen LogP contribution < -0.4 is 10.1 Å². The molecule has 5 heteroatoms. The zero-order chi connectivity index (χ0) is 16.4. The highest BCUT2D eigenvalue weighted by Crippen LogP contribution is 2.22. The number of nitrogens with zero attached hydrogens (tertiary/aromatic N) is 1. The molecule has 1 aromatic rings. The molecule has 0 saturated carbocycles. The van der Waals surface area contributed by atoms with E-state index in [1.807, 2.05) is 20.8 Å². The summed E-state index contributed by atoms with van der Waals surface area (Å²) < 4.78 is 11.1. The van der Waals surface area contributed by atoms with Gasteiger partial charge in [-0.1, -0.05) is 26.7 Å². The maximum absolute atomic E-state index is 12.6. The van der Waals surface area contributed by atoms with Crippen molar-refractivity contribution in [1.29, 1.82) is 0 Å².